The number of nitrogens with one attached hydrogen (secondary N) is 2. The molecule has 1 atom stereocenters. The lowest BCUT2D eigenvalue weighted by atomic mass is 10.1. The third-order valence-corrected chi connectivity index (χ3v) is 4.77. The summed E-state index contributed by atoms with van der Waals surface area (Å²) in [4.78, 5) is 32.2. The molecular formula is C20H23N5O3. The Labute approximate surface area is 162 Å². The number of imidazole rings is 1. The van der Waals surface area contributed by atoms with Gasteiger partial charge in [0.05, 0.1) is 22.0 Å². The number of amides is 2. The number of non-ortho nitro benzene ring substituents is 1. The van der Waals surface area contributed by atoms with Crippen LogP contribution in [0.3, 0.4) is 0 Å². The van der Waals surface area contributed by atoms with Gasteiger partial charge in [-0.3, -0.25) is 10.1 Å². The van der Waals surface area contributed by atoms with Crippen LogP contribution in [0.15, 0.2) is 48.5 Å². The van der Waals surface area contributed by atoms with Crippen molar-refractivity contribution in [2.75, 3.05) is 13.6 Å². The molecule has 1 aromatic heterocycles. The molecule has 0 bridgehead atoms. The molecule has 3 rings (SSSR count). The number of rotatable bonds is 7. The summed E-state index contributed by atoms with van der Waals surface area (Å²) >= 11 is 0. The molecule has 28 heavy (non-hydrogen) atoms. The van der Waals surface area contributed by atoms with Crippen molar-refractivity contribution >= 4 is 22.8 Å². The smallest absolute Gasteiger partial charge is 0.317 e. The van der Waals surface area contributed by atoms with Crippen LogP contribution in [0.25, 0.3) is 11.0 Å². The number of carbonyl (C=O) groups excluding carboxylic acids is 1. The van der Waals surface area contributed by atoms with Gasteiger partial charge in [-0.25, -0.2) is 9.78 Å². The van der Waals surface area contributed by atoms with Gasteiger partial charge in [0, 0.05) is 32.1 Å². The van der Waals surface area contributed by atoms with E-state index < -0.39 is 4.92 Å². The van der Waals surface area contributed by atoms with E-state index in [-0.39, 0.29) is 17.8 Å². The van der Waals surface area contributed by atoms with Gasteiger partial charge in [0.2, 0.25) is 0 Å². The number of carbonyl (C=O) groups is 1. The topological polar surface area (TPSA) is 104 Å². The number of H-pyrrole nitrogens is 1. The fraction of sp³-hybridized carbons (Fsp3) is 0.300. The summed E-state index contributed by atoms with van der Waals surface area (Å²) in [7, 11) is 1.68. The molecule has 2 amide bonds. The first-order valence-corrected chi connectivity index (χ1v) is 9.14. The van der Waals surface area contributed by atoms with E-state index in [0.717, 1.165) is 29.7 Å². The molecule has 8 nitrogen and oxygen atoms in total. The number of aryl methyl sites for hydroxylation is 1. The second-order valence-electron chi connectivity index (χ2n) is 6.68. The van der Waals surface area contributed by atoms with Crippen molar-refractivity contribution in [2.45, 2.75) is 25.8 Å². The number of hydrogen-bond acceptors (Lipinski definition) is 4. The first-order valence-electron chi connectivity index (χ1n) is 9.14. The minimum Gasteiger partial charge on any atom is -0.342 e. The lowest BCUT2D eigenvalue weighted by molar-refractivity contribution is -0.384. The maximum absolute atomic E-state index is 12.4. The van der Waals surface area contributed by atoms with Gasteiger partial charge < -0.3 is 15.2 Å². The normalized spacial score (nSPS) is 11.9. The molecule has 0 radical (unpaired) electrons. The number of para-hydroxylation sites is 2. The zero-order valence-electron chi connectivity index (χ0n) is 15.9. The lowest BCUT2D eigenvalue weighted by Crippen LogP contribution is -2.39. The predicted octanol–water partition coefficient (Wildman–Crippen LogP) is 3.81. The van der Waals surface area contributed by atoms with E-state index in [1.54, 1.807) is 24.1 Å². The van der Waals surface area contributed by atoms with Gasteiger partial charge in [0.15, 0.2) is 0 Å². The molecular weight excluding hydrogens is 358 g/mol. The number of benzene rings is 2. The van der Waals surface area contributed by atoms with Crippen LogP contribution < -0.4 is 5.32 Å². The summed E-state index contributed by atoms with van der Waals surface area (Å²) in [6, 6.07) is 13.7. The average Bonchev–Trinajstić information content (AvgIpc) is 3.12. The van der Waals surface area contributed by atoms with Gasteiger partial charge in [0.25, 0.3) is 5.69 Å². The summed E-state index contributed by atoms with van der Waals surface area (Å²) in [5.41, 5.74) is 2.68. The second kappa shape index (κ2) is 8.51. The Bertz CT molecular complexity index is 952. The van der Waals surface area contributed by atoms with Crippen LogP contribution >= 0.6 is 0 Å². The zero-order valence-corrected chi connectivity index (χ0v) is 15.9. The van der Waals surface area contributed by atoms with Gasteiger partial charge in [0.1, 0.15) is 5.82 Å². The summed E-state index contributed by atoms with van der Waals surface area (Å²) in [6.07, 6.45) is 1.49. The minimum absolute atomic E-state index is 0.0176. The SMILES string of the molecule is CC(c1cccc([N+](=O)[O-])c1)N(C)C(=O)NCCCc1nc2ccccc2[nH]1. The number of urea groups is 1. The first-order chi connectivity index (χ1) is 13.5. The Balaban J connectivity index is 1.49. The number of aromatic nitrogens is 2. The Hall–Kier alpha value is -3.42. The van der Waals surface area contributed by atoms with E-state index >= 15 is 0 Å². The predicted molar refractivity (Wildman–Crippen MR) is 107 cm³/mol. The highest BCUT2D eigenvalue weighted by Gasteiger charge is 2.19. The van der Waals surface area contributed by atoms with Crippen molar-refractivity contribution in [3.8, 4) is 0 Å². The summed E-state index contributed by atoms with van der Waals surface area (Å²) in [5.74, 6) is 0.897. The molecule has 146 valence electrons. The zero-order chi connectivity index (χ0) is 20.1. The molecule has 1 heterocycles. The summed E-state index contributed by atoms with van der Waals surface area (Å²) in [6.45, 7) is 2.36. The largest absolute Gasteiger partial charge is 0.342 e. The third-order valence-electron chi connectivity index (χ3n) is 4.77. The fourth-order valence-corrected chi connectivity index (χ4v) is 3.00. The van der Waals surface area contributed by atoms with Crippen molar-refractivity contribution in [2.24, 2.45) is 0 Å². The van der Waals surface area contributed by atoms with Gasteiger partial charge in [-0.05, 0) is 31.0 Å². The van der Waals surface area contributed by atoms with Crippen LogP contribution in [0.1, 0.15) is 30.8 Å². The summed E-state index contributed by atoms with van der Waals surface area (Å²) < 4.78 is 0. The Morgan fingerprint density at radius 1 is 1.29 bits per heavy atom. The van der Waals surface area contributed by atoms with Crippen molar-refractivity contribution < 1.29 is 9.72 Å². The van der Waals surface area contributed by atoms with Crippen LogP contribution in [0.5, 0.6) is 0 Å². The van der Waals surface area contributed by atoms with E-state index in [1.807, 2.05) is 31.2 Å². The van der Waals surface area contributed by atoms with Gasteiger partial charge in [-0.15, -0.1) is 0 Å². The van der Waals surface area contributed by atoms with Crippen LogP contribution in [-0.2, 0) is 6.42 Å². The second-order valence-corrected chi connectivity index (χ2v) is 6.68. The van der Waals surface area contributed by atoms with Crippen LogP contribution in [0.2, 0.25) is 0 Å². The fourth-order valence-electron chi connectivity index (χ4n) is 3.00. The molecule has 8 heteroatoms. The van der Waals surface area contributed by atoms with Crippen LogP contribution in [-0.4, -0.2) is 39.4 Å². The molecule has 0 aliphatic carbocycles. The number of aromatic amines is 1. The van der Waals surface area contributed by atoms with Gasteiger partial charge in [-0.2, -0.15) is 0 Å². The van der Waals surface area contributed by atoms with E-state index in [9.17, 15) is 14.9 Å². The molecule has 2 aromatic carbocycles. The van der Waals surface area contributed by atoms with Crippen molar-refractivity contribution in [3.63, 3.8) is 0 Å². The highest BCUT2D eigenvalue weighted by molar-refractivity contribution is 5.75. The first kappa shape index (κ1) is 19.3. The lowest BCUT2D eigenvalue weighted by Gasteiger charge is -2.25. The van der Waals surface area contributed by atoms with E-state index in [2.05, 4.69) is 15.3 Å². The number of hydrogen-bond donors (Lipinski definition) is 2. The number of fused-ring (bicyclic) bond motifs is 1. The van der Waals surface area contributed by atoms with E-state index in [0.29, 0.717) is 12.1 Å². The third kappa shape index (κ3) is 4.46. The monoisotopic (exact) mass is 381 g/mol. The maximum Gasteiger partial charge on any atom is 0.317 e. The standard InChI is InChI=1S/C20H23N5O3/c1-14(15-7-5-8-16(13-15)25(27)28)24(2)20(26)21-12-6-11-19-22-17-9-3-4-10-18(17)23-19/h3-5,7-10,13-14H,6,11-12H2,1-2H3,(H,21,26)(H,22,23). The number of nitro benzene ring substituents is 1. The Kier molecular flexibility index (Phi) is 5.88. The van der Waals surface area contributed by atoms with Crippen LogP contribution in [0, 0.1) is 10.1 Å². The van der Waals surface area contributed by atoms with Crippen molar-refractivity contribution in [1.29, 1.82) is 0 Å². The van der Waals surface area contributed by atoms with Crippen LogP contribution in [0.4, 0.5) is 10.5 Å². The van der Waals surface area contributed by atoms with Gasteiger partial charge in [-0.1, -0.05) is 24.3 Å². The van der Waals surface area contributed by atoms with E-state index in [1.165, 1.54) is 12.1 Å². The van der Waals surface area contributed by atoms with Crippen molar-refractivity contribution in [1.82, 2.24) is 20.2 Å². The molecule has 2 N–H and O–H groups in total. The highest BCUT2D eigenvalue weighted by Crippen LogP contribution is 2.23. The molecule has 1 unspecified atom stereocenters. The quantitative estimate of drug-likeness (QED) is 0.369. The minimum atomic E-state index is -0.436. The Morgan fingerprint density at radius 2 is 2.07 bits per heavy atom. The number of nitro groups is 1. The molecule has 0 saturated carbocycles. The molecule has 0 aliphatic heterocycles. The summed E-state index contributed by atoms with van der Waals surface area (Å²) in [5, 5.41) is 13.8. The maximum atomic E-state index is 12.4. The molecule has 3 aromatic rings. The van der Waals surface area contributed by atoms with Gasteiger partial charge >= 0.3 is 6.03 Å². The highest BCUT2D eigenvalue weighted by atomic mass is 16.6. The molecule has 0 saturated heterocycles. The van der Waals surface area contributed by atoms with Crippen molar-refractivity contribution in [3.05, 3.63) is 70.0 Å². The average molecular weight is 381 g/mol. The molecule has 0 spiro atoms. The number of nitrogens with zero attached hydrogens (tertiary/aromatic N) is 3. The Morgan fingerprint density at radius 3 is 2.82 bits per heavy atom. The molecule has 0 aliphatic rings. The molecule has 0 fully saturated rings. The van der Waals surface area contributed by atoms with E-state index in [4.69, 9.17) is 0 Å².